The van der Waals surface area contributed by atoms with Gasteiger partial charge in [-0.25, -0.2) is 17.6 Å². The van der Waals surface area contributed by atoms with Crippen LogP contribution >= 0.6 is 0 Å². The standard InChI is InChI=1S/C27H22F4/c1-2-3-18-12-25(30)27(26(31)13-18)21-9-8-19-14-20(24(29)16-22(19)15-21)7-4-17-5-10-23(28)11-6-17/h5-6,10-14,16,21H,2-3,8-9,15H2,1H3. The van der Waals surface area contributed by atoms with E-state index in [9.17, 15) is 17.6 Å². The first kappa shape index (κ1) is 21.2. The Morgan fingerprint density at radius 2 is 1.55 bits per heavy atom. The lowest BCUT2D eigenvalue weighted by Crippen LogP contribution is -2.16. The molecule has 1 unspecified atom stereocenters. The van der Waals surface area contributed by atoms with Gasteiger partial charge in [-0.1, -0.05) is 25.2 Å². The molecule has 3 aromatic rings. The molecule has 158 valence electrons. The van der Waals surface area contributed by atoms with Crippen LogP contribution in [-0.4, -0.2) is 0 Å². The van der Waals surface area contributed by atoms with Crippen molar-refractivity contribution in [2.45, 2.75) is 44.9 Å². The van der Waals surface area contributed by atoms with Gasteiger partial charge < -0.3 is 0 Å². The van der Waals surface area contributed by atoms with E-state index in [0.29, 0.717) is 36.8 Å². The monoisotopic (exact) mass is 422 g/mol. The smallest absolute Gasteiger partial charge is 0.139 e. The molecule has 1 aliphatic rings. The van der Waals surface area contributed by atoms with Crippen molar-refractivity contribution in [1.29, 1.82) is 0 Å². The molecule has 0 radical (unpaired) electrons. The Labute approximate surface area is 179 Å². The van der Waals surface area contributed by atoms with Crippen molar-refractivity contribution >= 4 is 0 Å². The largest absolute Gasteiger partial charge is 0.207 e. The van der Waals surface area contributed by atoms with E-state index in [2.05, 4.69) is 11.8 Å². The number of rotatable bonds is 3. The maximum absolute atomic E-state index is 14.7. The maximum atomic E-state index is 14.7. The normalized spacial score (nSPS) is 15.2. The highest BCUT2D eigenvalue weighted by Crippen LogP contribution is 2.36. The lowest BCUT2D eigenvalue weighted by Gasteiger charge is -2.26. The second-order valence-electron chi connectivity index (χ2n) is 8.02. The zero-order chi connectivity index (χ0) is 22.0. The molecule has 0 aliphatic heterocycles. The van der Waals surface area contributed by atoms with Crippen LogP contribution in [0.4, 0.5) is 17.6 Å². The Bertz CT molecular complexity index is 1140. The van der Waals surface area contributed by atoms with Gasteiger partial charge in [-0.05, 0) is 96.8 Å². The number of aryl methyl sites for hydroxylation is 2. The van der Waals surface area contributed by atoms with E-state index in [1.54, 1.807) is 6.07 Å². The van der Waals surface area contributed by atoms with Gasteiger partial charge in [-0.3, -0.25) is 0 Å². The summed E-state index contributed by atoms with van der Waals surface area (Å²) in [6.07, 6.45) is 3.03. The predicted octanol–water partition coefficient (Wildman–Crippen LogP) is 6.87. The fourth-order valence-corrected chi connectivity index (χ4v) is 4.25. The molecular weight excluding hydrogens is 400 g/mol. The molecule has 0 aromatic heterocycles. The topological polar surface area (TPSA) is 0 Å². The lowest BCUT2D eigenvalue weighted by atomic mass is 9.79. The number of hydrogen-bond donors (Lipinski definition) is 0. The fraction of sp³-hybridized carbons (Fsp3) is 0.259. The van der Waals surface area contributed by atoms with E-state index in [1.807, 2.05) is 6.92 Å². The van der Waals surface area contributed by atoms with Crippen LogP contribution in [0.15, 0.2) is 48.5 Å². The van der Waals surface area contributed by atoms with Crippen molar-refractivity contribution in [2.75, 3.05) is 0 Å². The van der Waals surface area contributed by atoms with Gasteiger partial charge in [0, 0.05) is 11.1 Å². The van der Waals surface area contributed by atoms with Crippen LogP contribution in [0.3, 0.4) is 0 Å². The van der Waals surface area contributed by atoms with E-state index < -0.39 is 17.5 Å². The van der Waals surface area contributed by atoms with Crippen LogP contribution in [0.2, 0.25) is 0 Å². The molecule has 1 atom stereocenters. The average molecular weight is 422 g/mol. The average Bonchev–Trinajstić information content (AvgIpc) is 2.73. The first-order valence-corrected chi connectivity index (χ1v) is 10.5. The highest BCUT2D eigenvalue weighted by Gasteiger charge is 2.26. The highest BCUT2D eigenvalue weighted by molar-refractivity contribution is 5.48. The lowest BCUT2D eigenvalue weighted by molar-refractivity contribution is 0.488. The third-order valence-electron chi connectivity index (χ3n) is 5.79. The highest BCUT2D eigenvalue weighted by atomic mass is 19.1. The zero-order valence-electron chi connectivity index (χ0n) is 17.2. The van der Waals surface area contributed by atoms with Crippen molar-refractivity contribution in [3.63, 3.8) is 0 Å². The molecule has 4 heteroatoms. The van der Waals surface area contributed by atoms with Crippen molar-refractivity contribution in [3.05, 3.63) is 105 Å². The molecule has 0 saturated heterocycles. The summed E-state index contributed by atoms with van der Waals surface area (Å²) in [5, 5.41) is 0. The Balaban J connectivity index is 1.59. The molecule has 0 bridgehead atoms. The number of fused-ring (bicyclic) bond motifs is 1. The van der Waals surface area contributed by atoms with Gasteiger partial charge in [0.15, 0.2) is 0 Å². The number of halogens is 4. The molecule has 0 amide bonds. The summed E-state index contributed by atoms with van der Waals surface area (Å²) in [5.41, 5.74) is 3.33. The molecular formula is C27H22F4. The van der Waals surface area contributed by atoms with E-state index in [1.165, 1.54) is 42.5 Å². The molecule has 31 heavy (non-hydrogen) atoms. The zero-order valence-corrected chi connectivity index (χ0v) is 17.2. The minimum atomic E-state index is -0.515. The van der Waals surface area contributed by atoms with Crippen LogP contribution < -0.4 is 0 Å². The van der Waals surface area contributed by atoms with Crippen LogP contribution in [0, 0.1) is 35.1 Å². The maximum Gasteiger partial charge on any atom is 0.139 e. The first-order valence-electron chi connectivity index (χ1n) is 10.5. The molecule has 4 rings (SSSR count). The minimum absolute atomic E-state index is 0.103. The molecule has 0 N–H and O–H groups in total. The van der Waals surface area contributed by atoms with Gasteiger partial charge in [0.25, 0.3) is 0 Å². The summed E-state index contributed by atoms with van der Waals surface area (Å²) in [5.74, 6) is 3.49. The predicted molar refractivity (Wildman–Crippen MR) is 114 cm³/mol. The van der Waals surface area contributed by atoms with E-state index in [0.717, 1.165) is 17.5 Å². The third kappa shape index (κ3) is 4.66. The summed E-state index contributed by atoms with van der Waals surface area (Å²) in [6.45, 7) is 1.97. The van der Waals surface area contributed by atoms with Gasteiger partial charge in [0.05, 0.1) is 5.56 Å². The van der Waals surface area contributed by atoms with Crippen molar-refractivity contribution in [1.82, 2.24) is 0 Å². The third-order valence-corrected chi connectivity index (χ3v) is 5.79. The van der Waals surface area contributed by atoms with Crippen LogP contribution in [0.1, 0.15) is 59.1 Å². The van der Waals surface area contributed by atoms with Crippen molar-refractivity contribution < 1.29 is 17.6 Å². The molecule has 0 heterocycles. The second-order valence-corrected chi connectivity index (χ2v) is 8.02. The van der Waals surface area contributed by atoms with Crippen LogP contribution in [0.25, 0.3) is 0 Å². The minimum Gasteiger partial charge on any atom is -0.207 e. The van der Waals surface area contributed by atoms with Gasteiger partial charge in [0.2, 0.25) is 0 Å². The van der Waals surface area contributed by atoms with Crippen LogP contribution in [0.5, 0.6) is 0 Å². The summed E-state index contributed by atoms with van der Waals surface area (Å²) in [6, 6.07) is 11.7. The molecule has 0 nitrogen and oxygen atoms in total. The van der Waals surface area contributed by atoms with Crippen LogP contribution in [-0.2, 0) is 19.3 Å². The number of benzene rings is 3. The first-order chi connectivity index (χ1) is 14.9. The van der Waals surface area contributed by atoms with Gasteiger partial charge in [-0.15, -0.1) is 0 Å². The van der Waals surface area contributed by atoms with E-state index in [4.69, 9.17) is 0 Å². The summed E-state index contributed by atoms with van der Waals surface area (Å²) in [7, 11) is 0. The van der Waals surface area contributed by atoms with Gasteiger partial charge >= 0.3 is 0 Å². The molecule has 0 fully saturated rings. The molecule has 1 aliphatic carbocycles. The molecule has 0 saturated carbocycles. The quantitative estimate of drug-likeness (QED) is 0.319. The van der Waals surface area contributed by atoms with Crippen molar-refractivity contribution in [3.8, 4) is 11.8 Å². The van der Waals surface area contributed by atoms with Gasteiger partial charge in [0.1, 0.15) is 23.3 Å². The van der Waals surface area contributed by atoms with Crippen molar-refractivity contribution in [2.24, 2.45) is 0 Å². The molecule has 0 spiro atoms. The van der Waals surface area contributed by atoms with Gasteiger partial charge in [-0.2, -0.15) is 0 Å². The Morgan fingerprint density at radius 3 is 2.23 bits per heavy atom. The SMILES string of the molecule is CCCc1cc(F)c(C2CCc3cc(C#Cc4ccc(F)cc4)c(F)cc3C2)c(F)c1. The Kier molecular flexibility index (Phi) is 6.13. The fourth-order valence-electron chi connectivity index (χ4n) is 4.25. The number of hydrogen-bond acceptors (Lipinski definition) is 0. The van der Waals surface area contributed by atoms with E-state index >= 15 is 0 Å². The summed E-state index contributed by atoms with van der Waals surface area (Å²) in [4.78, 5) is 0. The summed E-state index contributed by atoms with van der Waals surface area (Å²) < 4.78 is 57.0. The molecule has 3 aromatic carbocycles. The Morgan fingerprint density at radius 1 is 0.839 bits per heavy atom. The van der Waals surface area contributed by atoms with E-state index in [-0.39, 0.29) is 22.9 Å². The Hall–Kier alpha value is -3.06. The summed E-state index contributed by atoms with van der Waals surface area (Å²) >= 11 is 0. The second kappa shape index (κ2) is 8.98.